The van der Waals surface area contributed by atoms with E-state index in [-0.39, 0.29) is 11.9 Å². The lowest BCUT2D eigenvalue weighted by Crippen LogP contribution is -2.30. The Kier molecular flexibility index (Phi) is 4.24. The Labute approximate surface area is 136 Å². The van der Waals surface area contributed by atoms with Crippen LogP contribution in [-0.4, -0.2) is 20.1 Å². The number of amides is 1. The number of nitrogens with one attached hydrogen (secondary N) is 1. The van der Waals surface area contributed by atoms with E-state index < -0.39 is 0 Å². The third-order valence-corrected chi connectivity index (χ3v) is 4.43. The van der Waals surface area contributed by atoms with Gasteiger partial charge in [-0.25, -0.2) is 0 Å². The van der Waals surface area contributed by atoms with E-state index in [1.54, 1.807) is 32.4 Å². The van der Waals surface area contributed by atoms with E-state index in [1.165, 1.54) is 11.1 Å². The summed E-state index contributed by atoms with van der Waals surface area (Å²) in [5, 5.41) is 3.15. The lowest BCUT2D eigenvalue weighted by Gasteiger charge is -2.19. The fourth-order valence-electron chi connectivity index (χ4n) is 3.22. The second-order valence-electron chi connectivity index (χ2n) is 5.90. The summed E-state index contributed by atoms with van der Waals surface area (Å²) in [4.78, 5) is 12.6. The van der Waals surface area contributed by atoms with Gasteiger partial charge >= 0.3 is 0 Å². The fraction of sp³-hybridized carbons (Fsp3) is 0.316. The second-order valence-corrected chi connectivity index (χ2v) is 5.90. The van der Waals surface area contributed by atoms with Gasteiger partial charge in [0.15, 0.2) is 11.5 Å². The van der Waals surface area contributed by atoms with Crippen LogP contribution in [0.3, 0.4) is 0 Å². The Morgan fingerprint density at radius 2 is 1.83 bits per heavy atom. The molecule has 2 aromatic rings. The first kappa shape index (κ1) is 15.4. The zero-order valence-electron chi connectivity index (χ0n) is 13.6. The van der Waals surface area contributed by atoms with Gasteiger partial charge in [0.05, 0.1) is 20.3 Å². The molecule has 4 heteroatoms. The number of methoxy groups -OCH3 is 2. The molecule has 120 valence electrons. The highest BCUT2D eigenvalue weighted by atomic mass is 16.5. The fourth-order valence-corrected chi connectivity index (χ4v) is 3.22. The number of rotatable bonds is 4. The van der Waals surface area contributed by atoms with E-state index in [0.29, 0.717) is 23.0 Å². The lowest BCUT2D eigenvalue weighted by molar-refractivity contribution is 0.0927. The molecule has 0 saturated heterocycles. The van der Waals surface area contributed by atoms with Crippen LogP contribution >= 0.6 is 0 Å². The van der Waals surface area contributed by atoms with Gasteiger partial charge in [-0.05, 0) is 41.7 Å². The van der Waals surface area contributed by atoms with Gasteiger partial charge in [0.2, 0.25) is 0 Å². The van der Waals surface area contributed by atoms with Crippen molar-refractivity contribution in [3.05, 3.63) is 59.2 Å². The molecule has 4 nitrogen and oxygen atoms in total. The first-order valence-corrected chi connectivity index (χ1v) is 7.74. The maximum absolute atomic E-state index is 12.6. The molecule has 1 aliphatic rings. The molecule has 3 rings (SSSR count). The first-order chi connectivity index (χ1) is 11.1. The highest BCUT2D eigenvalue weighted by molar-refractivity contribution is 5.95. The first-order valence-electron chi connectivity index (χ1n) is 7.74. The molecule has 2 atom stereocenters. The minimum atomic E-state index is -0.0977. The molecule has 0 bridgehead atoms. The quantitative estimate of drug-likeness (QED) is 0.942. The van der Waals surface area contributed by atoms with Crippen molar-refractivity contribution < 1.29 is 14.3 Å². The van der Waals surface area contributed by atoms with Crippen LogP contribution in [0.25, 0.3) is 0 Å². The molecule has 23 heavy (non-hydrogen) atoms. The van der Waals surface area contributed by atoms with Crippen LogP contribution < -0.4 is 14.8 Å². The number of carbonyl (C=O) groups excluding carboxylic acids is 1. The van der Waals surface area contributed by atoms with E-state index in [9.17, 15) is 4.79 Å². The second kappa shape index (κ2) is 6.32. The number of carbonyl (C=O) groups is 1. The maximum Gasteiger partial charge on any atom is 0.251 e. The molecule has 0 aromatic heterocycles. The van der Waals surface area contributed by atoms with Crippen molar-refractivity contribution in [2.75, 3.05) is 14.2 Å². The van der Waals surface area contributed by atoms with Crippen LogP contribution in [-0.2, 0) is 6.42 Å². The van der Waals surface area contributed by atoms with Crippen molar-refractivity contribution in [3.63, 3.8) is 0 Å². The SMILES string of the molecule is COc1ccc(C(=O)NC2c3ccccc3CC2C)cc1OC. The molecule has 1 N–H and O–H groups in total. The van der Waals surface area contributed by atoms with E-state index >= 15 is 0 Å². The summed E-state index contributed by atoms with van der Waals surface area (Å²) in [6, 6.07) is 13.6. The Morgan fingerprint density at radius 3 is 2.57 bits per heavy atom. The smallest absolute Gasteiger partial charge is 0.251 e. The highest BCUT2D eigenvalue weighted by Crippen LogP contribution is 2.36. The molecule has 0 saturated carbocycles. The van der Waals surface area contributed by atoms with Crippen LogP contribution in [0.15, 0.2) is 42.5 Å². The molecule has 1 amide bonds. The van der Waals surface area contributed by atoms with Crippen molar-refractivity contribution >= 4 is 5.91 Å². The standard InChI is InChI=1S/C19H21NO3/c1-12-10-13-6-4-5-7-15(13)18(12)20-19(21)14-8-9-16(22-2)17(11-14)23-3/h4-9,11-12,18H,10H2,1-3H3,(H,20,21). The maximum atomic E-state index is 12.6. The van der Waals surface area contributed by atoms with Crippen molar-refractivity contribution in [2.45, 2.75) is 19.4 Å². The van der Waals surface area contributed by atoms with Crippen molar-refractivity contribution in [2.24, 2.45) is 5.92 Å². The average Bonchev–Trinajstić information content (AvgIpc) is 2.89. The predicted molar refractivity (Wildman–Crippen MR) is 89.1 cm³/mol. The van der Waals surface area contributed by atoms with Crippen molar-refractivity contribution in [1.29, 1.82) is 0 Å². The molecule has 0 radical (unpaired) electrons. The van der Waals surface area contributed by atoms with E-state index in [4.69, 9.17) is 9.47 Å². The third-order valence-electron chi connectivity index (χ3n) is 4.43. The minimum Gasteiger partial charge on any atom is -0.493 e. The highest BCUT2D eigenvalue weighted by Gasteiger charge is 2.30. The molecule has 0 fully saturated rings. The van der Waals surface area contributed by atoms with Gasteiger partial charge < -0.3 is 14.8 Å². The third kappa shape index (κ3) is 2.89. The summed E-state index contributed by atoms with van der Waals surface area (Å²) < 4.78 is 10.5. The monoisotopic (exact) mass is 311 g/mol. The molecule has 0 spiro atoms. The zero-order chi connectivity index (χ0) is 16.4. The Bertz CT molecular complexity index is 726. The van der Waals surface area contributed by atoms with E-state index in [0.717, 1.165) is 6.42 Å². The molecule has 0 aliphatic heterocycles. The summed E-state index contributed by atoms with van der Waals surface area (Å²) in [5.41, 5.74) is 3.10. The van der Waals surface area contributed by atoms with Gasteiger partial charge in [-0.15, -0.1) is 0 Å². The van der Waals surface area contributed by atoms with Gasteiger partial charge in [-0.3, -0.25) is 4.79 Å². The number of benzene rings is 2. The van der Waals surface area contributed by atoms with Crippen LogP contribution in [0, 0.1) is 5.92 Å². The Balaban J connectivity index is 1.82. The van der Waals surface area contributed by atoms with Gasteiger partial charge in [-0.2, -0.15) is 0 Å². The average molecular weight is 311 g/mol. The Hall–Kier alpha value is -2.49. The molecule has 1 aliphatic carbocycles. The normalized spacial score (nSPS) is 19.1. The topological polar surface area (TPSA) is 47.6 Å². The van der Waals surface area contributed by atoms with Gasteiger partial charge in [-0.1, -0.05) is 31.2 Å². The van der Waals surface area contributed by atoms with Crippen LogP contribution in [0.4, 0.5) is 0 Å². The van der Waals surface area contributed by atoms with Gasteiger partial charge in [0.25, 0.3) is 5.91 Å². The van der Waals surface area contributed by atoms with E-state index in [1.807, 2.05) is 12.1 Å². The lowest BCUT2D eigenvalue weighted by atomic mass is 10.0. The number of fused-ring (bicyclic) bond motifs is 1. The van der Waals surface area contributed by atoms with Gasteiger partial charge in [0, 0.05) is 5.56 Å². The van der Waals surface area contributed by atoms with Gasteiger partial charge in [0.1, 0.15) is 0 Å². The Morgan fingerprint density at radius 1 is 1.09 bits per heavy atom. The van der Waals surface area contributed by atoms with E-state index in [2.05, 4.69) is 24.4 Å². The summed E-state index contributed by atoms with van der Waals surface area (Å²) in [5.74, 6) is 1.46. The number of hydrogen-bond donors (Lipinski definition) is 1. The zero-order valence-corrected chi connectivity index (χ0v) is 13.6. The number of ether oxygens (including phenoxy) is 2. The van der Waals surface area contributed by atoms with Crippen LogP contribution in [0.5, 0.6) is 11.5 Å². The van der Waals surface area contributed by atoms with Crippen LogP contribution in [0.1, 0.15) is 34.5 Å². The minimum absolute atomic E-state index is 0.0480. The molecular formula is C19H21NO3. The summed E-state index contributed by atoms with van der Waals surface area (Å²) in [6.07, 6.45) is 0.993. The molecule has 2 unspecified atom stereocenters. The summed E-state index contributed by atoms with van der Waals surface area (Å²) >= 11 is 0. The van der Waals surface area contributed by atoms with Crippen molar-refractivity contribution in [3.8, 4) is 11.5 Å². The number of hydrogen-bond acceptors (Lipinski definition) is 3. The largest absolute Gasteiger partial charge is 0.493 e. The van der Waals surface area contributed by atoms with Crippen LogP contribution in [0.2, 0.25) is 0 Å². The molecule has 0 heterocycles. The van der Waals surface area contributed by atoms with Crippen molar-refractivity contribution in [1.82, 2.24) is 5.32 Å². The summed E-state index contributed by atoms with van der Waals surface area (Å²) in [6.45, 7) is 2.17. The predicted octanol–water partition coefficient (Wildman–Crippen LogP) is 3.37. The molecule has 2 aromatic carbocycles. The molecular weight excluding hydrogens is 290 g/mol. The summed E-state index contributed by atoms with van der Waals surface area (Å²) in [7, 11) is 3.14.